The van der Waals surface area contributed by atoms with Crippen LogP contribution in [-0.4, -0.2) is 30.9 Å². The van der Waals surface area contributed by atoms with Crippen molar-refractivity contribution < 1.29 is 19.4 Å². The minimum atomic E-state index is -0.375. The Hall–Kier alpha value is -2.59. The van der Waals surface area contributed by atoms with Crippen LogP contribution in [0.5, 0.6) is 5.75 Å². The van der Waals surface area contributed by atoms with E-state index in [-0.39, 0.29) is 25.8 Å². The molecule has 2 aromatic carbocycles. The fourth-order valence-electron chi connectivity index (χ4n) is 3.63. The van der Waals surface area contributed by atoms with E-state index in [9.17, 15) is 4.79 Å². The molecule has 1 N–H and O–H groups in total. The molecule has 0 saturated heterocycles. The molecule has 0 atom stereocenters. The molecule has 0 aliphatic heterocycles. The van der Waals surface area contributed by atoms with E-state index >= 15 is 0 Å². The summed E-state index contributed by atoms with van der Waals surface area (Å²) in [6.45, 7) is 12.2. The van der Waals surface area contributed by atoms with Gasteiger partial charge in [0.1, 0.15) is 12.4 Å². The van der Waals surface area contributed by atoms with Crippen LogP contribution in [0.3, 0.4) is 0 Å². The highest BCUT2D eigenvalue weighted by molar-refractivity contribution is 5.87. The summed E-state index contributed by atoms with van der Waals surface area (Å²) in [7, 11) is 0. The molecule has 0 unspecified atom stereocenters. The van der Waals surface area contributed by atoms with Crippen LogP contribution in [0.15, 0.2) is 42.5 Å². The minimum absolute atomic E-state index is 0.0350. The number of carbonyl (C=O) groups is 1. The van der Waals surface area contributed by atoms with Gasteiger partial charge in [0, 0.05) is 12.0 Å². The number of carbonyl (C=O) groups excluding carboxylic acids is 1. The van der Waals surface area contributed by atoms with Crippen molar-refractivity contribution in [2.75, 3.05) is 19.8 Å². The van der Waals surface area contributed by atoms with E-state index in [1.165, 1.54) is 27.8 Å². The van der Waals surface area contributed by atoms with Crippen molar-refractivity contribution in [1.82, 2.24) is 0 Å². The molecule has 0 heterocycles. The van der Waals surface area contributed by atoms with Crippen molar-refractivity contribution in [1.29, 1.82) is 0 Å². The molecule has 30 heavy (non-hydrogen) atoms. The van der Waals surface area contributed by atoms with E-state index in [1.54, 1.807) is 6.92 Å². The van der Waals surface area contributed by atoms with Gasteiger partial charge in [0.2, 0.25) is 0 Å². The predicted octanol–water partition coefficient (Wildman–Crippen LogP) is 5.21. The van der Waals surface area contributed by atoms with E-state index in [4.69, 9.17) is 14.6 Å². The summed E-state index contributed by atoms with van der Waals surface area (Å²) in [6.07, 6.45) is 3.61. The van der Waals surface area contributed by atoms with Crippen molar-refractivity contribution in [2.24, 2.45) is 0 Å². The van der Waals surface area contributed by atoms with Crippen molar-refractivity contribution in [3.63, 3.8) is 0 Å². The van der Waals surface area contributed by atoms with Crippen LogP contribution < -0.4 is 4.74 Å². The Kier molecular flexibility index (Phi) is 9.13. The number of aryl methyl sites for hydroxylation is 3. The lowest BCUT2D eigenvalue weighted by atomic mass is 9.88. The van der Waals surface area contributed by atoms with Crippen molar-refractivity contribution >= 4 is 5.97 Å². The van der Waals surface area contributed by atoms with Crippen molar-refractivity contribution in [3.05, 3.63) is 64.7 Å². The molecular weight excluding hydrogens is 376 g/mol. The number of benzene rings is 2. The minimum Gasteiger partial charge on any atom is -0.491 e. The van der Waals surface area contributed by atoms with E-state index in [2.05, 4.69) is 45.5 Å². The number of esters is 1. The molecular formula is C26H34O4. The standard InChI is InChI=1S/C26H34O4/c1-6-8-20-9-10-24(19(5)15-20)25-21(7-2)16-23(29-14-12-27)17-22(25)11-13-30-26(28)18(3)4/h9-10,15-17,27H,3,6-8,11-14H2,1-2,4-5H3. The highest BCUT2D eigenvalue weighted by Gasteiger charge is 2.16. The molecule has 0 saturated carbocycles. The summed E-state index contributed by atoms with van der Waals surface area (Å²) >= 11 is 0. The molecule has 162 valence electrons. The van der Waals surface area contributed by atoms with E-state index in [0.29, 0.717) is 12.0 Å². The summed E-state index contributed by atoms with van der Waals surface area (Å²) in [6, 6.07) is 10.7. The average molecular weight is 411 g/mol. The maximum absolute atomic E-state index is 11.8. The van der Waals surface area contributed by atoms with Gasteiger partial charge in [-0.05, 0) is 72.2 Å². The van der Waals surface area contributed by atoms with Crippen LogP contribution >= 0.6 is 0 Å². The number of hydrogen-bond acceptors (Lipinski definition) is 4. The molecule has 0 amide bonds. The Bertz CT molecular complexity index is 883. The van der Waals surface area contributed by atoms with Crippen molar-refractivity contribution in [2.45, 2.75) is 53.4 Å². The zero-order valence-corrected chi connectivity index (χ0v) is 18.7. The van der Waals surface area contributed by atoms with E-state index in [0.717, 1.165) is 30.6 Å². The number of hydrogen-bond donors (Lipinski definition) is 1. The molecule has 2 rings (SSSR count). The fraction of sp³-hybridized carbons (Fsp3) is 0.423. The lowest BCUT2D eigenvalue weighted by molar-refractivity contribution is -0.138. The molecule has 4 heteroatoms. The summed E-state index contributed by atoms with van der Waals surface area (Å²) in [5.74, 6) is 0.353. The van der Waals surface area contributed by atoms with Gasteiger partial charge in [0.25, 0.3) is 0 Å². The van der Waals surface area contributed by atoms with Crippen LogP contribution in [0.2, 0.25) is 0 Å². The highest BCUT2D eigenvalue weighted by Crippen LogP contribution is 2.35. The van der Waals surface area contributed by atoms with Crippen LogP contribution in [0.4, 0.5) is 0 Å². The first-order valence-electron chi connectivity index (χ1n) is 10.7. The SMILES string of the molecule is C=C(C)C(=O)OCCc1cc(OCCO)cc(CC)c1-c1ccc(CCC)cc1C. The second-order valence-corrected chi connectivity index (χ2v) is 7.61. The third kappa shape index (κ3) is 6.20. The topological polar surface area (TPSA) is 55.8 Å². The zero-order chi connectivity index (χ0) is 22.1. The fourth-order valence-corrected chi connectivity index (χ4v) is 3.63. The van der Waals surface area contributed by atoms with Gasteiger partial charge in [-0.1, -0.05) is 45.0 Å². The van der Waals surface area contributed by atoms with Crippen LogP contribution in [0, 0.1) is 6.92 Å². The molecule has 4 nitrogen and oxygen atoms in total. The normalized spacial score (nSPS) is 10.7. The quantitative estimate of drug-likeness (QED) is 0.408. The summed E-state index contributed by atoms with van der Waals surface area (Å²) in [5, 5.41) is 9.13. The molecule has 0 aliphatic rings. The van der Waals surface area contributed by atoms with Gasteiger partial charge in [0.05, 0.1) is 13.2 Å². The molecule has 0 radical (unpaired) electrons. The summed E-state index contributed by atoms with van der Waals surface area (Å²) in [5.41, 5.74) is 7.60. The Morgan fingerprint density at radius 1 is 1.07 bits per heavy atom. The van der Waals surface area contributed by atoms with Crippen LogP contribution in [0.25, 0.3) is 11.1 Å². The first-order valence-corrected chi connectivity index (χ1v) is 10.7. The first kappa shape index (κ1) is 23.7. The Morgan fingerprint density at radius 3 is 2.40 bits per heavy atom. The maximum atomic E-state index is 11.8. The van der Waals surface area contributed by atoms with Gasteiger partial charge in [-0.2, -0.15) is 0 Å². The van der Waals surface area contributed by atoms with E-state index in [1.807, 2.05) is 12.1 Å². The zero-order valence-electron chi connectivity index (χ0n) is 18.7. The third-order valence-electron chi connectivity index (χ3n) is 5.07. The first-order chi connectivity index (χ1) is 14.4. The van der Waals surface area contributed by atoms with Gasteiger partial charge in [-0.3, -0.25) is 0 Å². The van der Waals surface area contributed by atoms with Gasteiger partial charge in [-0.15, -0.1) is 0 Å². The van der Waals surface area contributed by atoms with Crippen LogP contribution in [-0.2, 0) is 28.8 Å². The number of rotatable bonds is 11. The Labute approximate surface area is 180 Å². The molecule has 2 aromatic rings. The Morgan fingerprint density at radius 2 is 1.80 bits per heavy atom. The number of aliphatic hydroxyl groups is 1. The van der Waals surface area contributed by atoms with Crippen molar-refractivity contribution in [3.8, 4) is 16.9 Å². The smallest absolute Gasteiger partial charge is 0.333 e. The van der Waals surface area contributed by atoms with Crippen LogP contribution in [0.1, 0.15) is 49.4 Å². The monoisotopic (exact) mass is 410 g/mol. The second kappa shape index (κ2) is 11.6. The largest absolute Gasteiger partial charge is 0.491 e. The predicted molar refractivity (Wildman–Crippen MR) is 122 cm³/mol. The second-order valence-electron chi connectivity index (χ2n) is 7.61. The van der Waals surface area contributed by atoms with Gasteiger partial charge < -0.3 is 14.6 Å². The Balaban J connectivity index is 2.47. The molecule has 0 fully saturated rings. The summed E-state index contributed by atoms with van der Waals surface area (Å²) < 4.78 is 11.1. The third-order valence-corrected chi connectivity index (χ3v) is 5.07. The van der Waals surface area contributed by atoms with Gasteiger partial charge in [-0.25, -0.2) is 4.79 Å². The molecule has 0 aromatic heterocycles. The molecule has 0 bridgehead atoms. The lowest BCUT2D eigenvalue weighted by Crippen LogP contribution is -2.10. The average Bonchev–Trinajstić information content (AvgIpc) is 2.72. The number of aliphatic hydroxyl groups excluding tert-OH is 1. The van der Waals surface area contributed by atoms with Gasteiger partial charge in [0.15, 0.2) is 0 Å². The highest BCUT2D eigenvalue weighted by atomic mass is 16.5. The maximum Gasteiger partial charge on any atom is 0.333 e. The number of ether oxygens (including phenoxy) is 2. The van der Waals surface area contributed by atoms with E-state index < -0.39 is 0 Å². The molecule has 0 spiro atoms. The van der Waals surface area contributed by atoms with Gasteiger partial charge >= 0.3 is 5.97 Å². The lowest BCUT2D eigenvalue weighted by Gasteiger charge is -2.19. The molecule has 0 aliphatic carbocycles. The summed E-state index contributed by atoms with van der Waals surface area (Å²) in [4.78, 5) is 11.8.